The minimum Gasteiger partial charge on any atom is -0.311 e. The molecule has 6 aromatic rings. The Labute approximate surface area is 463 Å². The van der Waals surface area contributed by atoms with Crippen LogP contribution in [-0.2, 0) is 43.3 Å². The first kappa shape index (κ1) is 50.0. The summed E-state index contributed by atoms with van der Waals surface area (Å²) >= 11 is 2.10. The third-order valence-corrected chi connectivity index (χ3v) is 24.2. The number of fused-ring (bicyclic) bond motifs is 9. The molecule has 4 bridgehead atoms. The molecule has 1 aromatic heterocycles. The van der Waals surface area contributed by atoms with Crippen LogP contribution in [-0.4, -0.2) is 6.71 Å². The predicted octanol–water partition coefficient (Wildman–Crippen LogP) is 18.4. The highest BCUT2D eigenvalue weighted by Gasteiger charge is 2.55. The van der Waals surface area contributed by atoms with E-state index in [-0.39, 0.29) is 50.0 Å². The van der Waals surface area contributed by atoms with E-state index in [4.69, 9.17) is 0 Å². The third kappa shape index (κ3) is 7.01. The molecule has 0 amide bonds. The molecule has 5 aromatic carbocycles. The van der Waals surface area contributed by atoms with E-state index in [1.807, 2.05) is 0 Å². The lowest BCUT2D eigenvalue weighted by molar-refractivity contribution is -0.00514. The molecule has 4 heteroatoms. The summed E-state index contributed by atoms with van der Waals surface area (Å²) in [6.07, 6.45) is 15.6. The standard InChI is InChI=1S/C72H89BN2S/c1-41-26-49-52(69(12,13)23-20-66(49,6)7)35-56(41)74-58-37-54-51(68(10,11)22-25-71(54,16)17)34-55(58)73-62-59(74)32-47(72-38-43-28-44(39-72)30-45(29-43)40-72)33-60(62)75(63-48-31-46(65(3,4)5)18-19-61(48)76-64(63)73)57-36-53-50(27-42(57)2)67(8,9)21-24-70(53,14)15/h18-19,26-27,31-37,43-45H,20-25,28-30,38-40H2,1-17H3. The highest BCUT2D eigenvalue weighted by atomic mass is 32.1. The maximum Gasteiger partial charge on any atom is 0.264 e. The van der Waals surface area contributed by atoms with Gasteiger partial charge >= 0.3 is 0 Å². The van der Waals surface area contributed by atoms with Crippen LogP contribution in [0, 0.1) is 31.6 Å². The first-order chi connectivity index (χ1) is 35.5. The number of rotatable bonds is 3. The van der Waals surface area contributed by atoms with Crippen molar-refractivity contribution in [1.82, 2.24) is 0 Å². The third-order valence-electron chi connectivity index (χ3n) is 23.0. The number of anilines is 6. The average Bonchev–Trinajstić information content (AvgIpc) is 3.77. The second-order valence-corrected chi connectivity index (χ2v) is 33.2. The van der Waals surface area contributed by atoms with Crippen molar-refractivity contribution in [2.45, 2.75) is 238 Å². The zero-order valence-electron chi connectivity index (χ0n) is 49.9. The van der Waals surface area contributed by atoms with Crippen molar-refractivity contribution in [3.05, 3.63) is 122 Å². The van der Waals surface area contributed by atoms with Crippen LogP contribution in [0.3, 0.4) is 0 Å². The van der Waals surface area contributed by atoms with Crippen LogP contribution >= 0.6 is 11.3 Å². The maximum atomic E-state index is 2.91. The summed E-state index contributed by atoms with van der Waals surface area (Å²) in [5.74, 6) is 2.55. The number of aryl methyl sites for hydroxylation is 2. The van der Waals surface area contributed by atoms with E-state index >= 15 is 0 Å². The van der Waals surface area contributed by atoms with Gasteiger partial charge in [-0.1, -0.05) is 128 Å². The number of nitrogens with zero attached hydrogens (tertiary/aromatic N) is 2. The Morgan fingerprint density at radius 1 is 0.474 bits per heavy atom. The molecular formula is C72H89BN2S. The van der Waals surface area contributed by atoms with Crippen molar-refractivity contribution in [2.75, 3.05) is 9.80 Å². The molecule has 0 N–H and O–H groups in total. The molecule has 2 nitrogen and oxygen atoms in total. The largest absolute Gasteiger partial charge is 0.311 e. The van der Waals surface area contributed by atoms with Gasteiger partial charge in [0.05, 0.1) is 5.69 Å². The molecule has 76 heavy (non-hydrogen) atoms. The quantitative estimate of drug-likeness (QED) is 0.163. The molecule has 3 heterocycles. The molecule has 0 saturated heterocycles. The summed E-state index contributed by atoms with van der Waals surface area (Å²) in [4.78, 5) is 5.81. The highest BCUT2D eigenvalue weighted by Crippen LogP contribution is 2.63. The molecule has 9 aliphatic rings. The van der Waals surface area contributed by atoms with Crippen molar-refractivity contribution >= 4 is 78.0 Å². The van der Waals surface area contributed by atoms with Gasteiger partial charge in [0.25, 0.3) is 6.71 Å². The number of benzene rings is 5. The van der Waals surface area contributed by atoms with E-state index in [0.717, 1.165) is 17.8 Å². The molecule has 4 saturated carbocycles. The smallest absolute Gasteiger partial charge is 0.264 e. The van der Waals surface area contributed by atoms with Crippen LogP contribution in [0.2, 0.25) is 0 Å². The fraction of sp³-hybridized carbons (Fsp3) is 0.556. The Morgan fingerprint density at radius 3 is 1.34 bits per heavy atom. The second kappa shape index (κ2) is 15.5. The summed E-state index contributed by atoms with van der Waals surface area (Å²) < 4.78 is 2.93. The summed E-state index contributed by atoms with van der Waals surface area (Å²) in [6, 6.07) is 29.6. The normalized spacial score (nSPS) is 27.1. The molecule has 0 atom stereocenters. The fourth-order valence-corrected chi connectivity index (χ4v) is 19.5. The minimum atomic E-state index is 0.0164. The van der Waals surface area contributed by atoms with Gasteiger partial charge in [-0.05, 0) is 261 Å². The zero-order chi connectivity index (χ0) is 53.6. The van der Waals surface area contributed by atoms with Crippen molar-refractivity contribution in [2.24, 2.45) is 17.8 Å². The van der Waals surface area contributed by atoms with E-state index in [1.54, 1.807) is 38.9 Å². The monoisotopic (exact) mass is 1020 g/mol. The number of hydrogen-bond donors (Lipinski definition) is 0. The Kier molecular flexibility index (Phi) is 10.2. The SMILES string of the molecule is Cc1cc2c(cc1N1c3cc4c(cc3B3c5sc6ccc(C(C)(C)C)cc6c5N(c5cc6c(cc5C)C(C)(C)CCC6(C)C)c5cc(C67CC8CC(CC(C8)C6)C7)cc1c53)C(C)(C)CCC4(C)C)C(C)(C)CCC2(C)C. The molecule has 4 fully saturated rings. The Hall–Kier alpha value is -4.28. The van der Waals surface area contributed by atoms with E-state index in [1.165, 1.54) is 154 Å². The first-order valence-corrected chi connectivity index (χ1v) is 31.1. The Balaban J connectivity index is 1.15. The lowest BCUT2D eigenvalue weighted by Crippen LogP contribution is -2.61. The van der Waals surface area contributed by atoms with Crippen LogP contribution in [0.1, 0.15) is 237 Å². The predicted molar refractivity (Wildman–Crippen MR) is 330 cm³/mol. The van der Waals surface area contributed by atoms with Crippen LogP contribution < -0.4 is 25.5 Å². The molecule has 0 radical (unpaired) electrons. The summed E-state index contributed by atoms with van der Waals surface area (Å²) in [5.41, 5.74) is 27.5. The molecule has 7 aliphatic carbocycles. The molecule has 2 aliphatic heterocycles. The van der Waals surface area contributed by atoms with Crippen molar-refractivity contribution in [3.8, 4) is 0 Å². The van der Waals surface area contributed by atoms with Crippen LogP contribution in [0.25, 0.3) is 10.1 Å². The van der Waals surface area contributed by atoms with Crippen molar-refractivity contribution in [1.29, 1.82) is 0 Å². The van der Waals surface area contributed by atoms with E-state index in [2.05, 4.69) is 206 Å². The summed E-state index contributed by atoms with van der Waals surface area (Å²) in [6.45, 7) is 42.6. The minimum absolute atomic E-state index is 0.0164. The van der Waals surface area contributed by atoms with Gasteiger partial charge in [0, 0.05) is 43.3 Å². The molecule has 0 spiro atoms. The molecule has 396 valence electrons. The average molecular weight is 1030 g/mol. The van der Waals surface area contributed by atoms with Crippen LogP contribution in [0.5, 0.6) is 0 Å². The molecule has 0 unspecified atom stereocenters. The number of thiophene rings is 1. The van der Waals surface area contributed by atoms with Gasteiger partial charge in [0.1, 0.15) is 0 Å². The van der Waals surface area contributed by atoms with Gasteiger partial charge in [0.2, 0.25) is 0 Å². The summed E-state index contributed by atoms with van der Waals surface area (Å²) in [5, 5.41) is 1.43. The highest BCUT2D eigenvalue weighted by molar-refractivity contribution is 7.33. The van der Waals surface area contributed by atoms with Crippen LogP contribution in [0.15, 0.2) is 66.7 Å². The number of hydrogen-bond acceptors (Lipinski definition) is 3. The van der Waals surface area contributed by atoms with Gasteiger partial charge in [-0.3, -0.25) is 0 Å². The maximum absolute atomic E-state index is 2.91. The lowest BCUT2D eigenvalue weighted by Gasteiger charge is -2.57. The molecular weight excluding hydrogens is 936 g/mol. The Morgan fingerprint density at radius 2 is 0.882 bits per heavy atom. The van der Waals surface area contributed by atoms with Gasteiger partial charge in [-0.15, -0.1) is 11.3 Å². The van der Waals surface area contributed by atoms with Crippen LogP contribution in [0.4, 0.5) is 34.1 Å². The van der Waals surface area contributed by atoms with E-state index in [9.17, 15) is 0 Å². The van der Waals surface area contributed by atoms with Crippen molar-refractivity contribution < 1.29 is 0 Å². The van der Waals surface area contributed by atoms with Gasteiger partial charge in [-0.25, -0.2) is 0 Å². The second-order valence-electron chi connectivity index (χ2n) is 32.1. The fourth-order valence-electron chi connectivity index (χ4n) is 18.2. The topological polar surface area (TPSA) is 6.48 Å². The van der Waals surface area contributed by atoms with Gasteiger partial charge < -0.3 is 9.80 Å². The van der Waals surface area contributed by atoms with Crippen molar-refractivity contribution in [3.63, 3.8) is 0 Å². The molecule has 15 rings (SSSR count). The first-order valence-electron chi connectivity index (χ1n) is 30.3. The summed E-state index contributed by atoms with van der Waals surface area (Å²) in [7, 11) is 0. The van der Waals surface area contributed by atoms with Gasteiger partial charge in [-0.2, -0.15) is 0 Å². The lowest BCUT2D eigenvalue weighted by atomic mass is 9.35. The van der Waals surface area contributed by atoms with Gasteiger partial charge in [0.15, 0.2) is 0 Å². The zero-order valence-corrected chi connectivity index (χ0v) is 50.8. The van der Waals surface area contributed by atoms with E-state index in [0.29, 0.717) is 0 Å². The Bertz CT molecular complexity index is 3470. The van der Waals surface area contributed by atoms with E-state index < -0.39 is 0 Å².